The molecule has 4 heterocycles. The van der Waals surface area contributed by atoms with Crippen LogP contribution < -0.4 is 20.3 Å². The van der Waals surface area contributed by atoms with Crippen molar-refractivity contribution in [2.75, 3.05) is 51.3 Å². The molecule has 0 bridgehead atoms. The highest BCUT2D eigenvalue weighted by Crippen LogP contribution is 2.36. The molecule has 1 unspecified atom stereocenters. The van der Waals surface area contributed by atoms with Crippen LogP contribution in [0.15, 0.2) is 42.5 Å². The second-order valence-corrected chi connectivity index (χ2v) is 11.3. The summed E-state index contributed by atoms with van der Waals surface area (Å²) in [4.78, 5) is 14.8. The van der Waals surface area contributed by atoms with Gasteiger partial charge in [-0.1, -0.05) is 36.4 Å². The summed E-state index contributed by atoms with van der Waals surface area (Å²) in [6.07, 6.45) is 3.44. The van der Waals surface area contributed by atoms with E-state index in [1.165, 1.54) is 22.9 Å². The number of nitriles is 1. The van der Waals surface area contributed by atoms with Crippen molar-refractivity contribution in [1.29, 1.82) is 5.26 Å². The van der Waals surface area contributed by atoms with E-state index in [4.69, 9.17) is 14.7 Å². The number of nitrogens with one attached hydrogen (secondary N) is 2. The first kappa shape index (κ1) is 25.1. The van der Waals surface area contributed by atoms with Gasteiger partial charge in [-0.2, -0.15) is 15.2 Å². The zero-order chi connectivity index (χ0) is 26.2. The van der Waals surface area contributed by atoms with Crippen LogP contribution in [0.2, 0.25) is 0 Å². The van der Waals surface area contributed by atoms with Gasteiger partial charge in [-0.15, -0.1) is 0 Å². The molecule has 3 aliphatic heterocycles. The zero-order valence-electron chi connectivity index (χ0n) is 22.5. The largest absolute Gasteiger partial charge is 0.461 e. The number of fused-ring (bicyclic) bond motifs is 2. The Morgan fingerprint density at radius 1 is 1.11 bits per heavy atom. The monoisotopic (exact) mass is 511 g/mol. The Labute approximate surface area is 225 Å². The van der Waals surface area contributed by atoms with Crippen molar-refractivity contribution >= 4 is 16.5 Å². The molecule has 198 valence electrons. The third kappa shape index (κ3) is 4.49. The Hall–Kier alpha value is -3.25. The summed E-state index contributed by atoms with van der Waals surface area (Å²) in [6, 6.07) is 17.9. The van der Waals surface area contributed by atoms with Crippen LogP contribution in [0.3, 0.4) is 0 Å². The predicted molar refractivity (Wildman–Crippen MR) is 149 cm³/mol. The third-order valence-corrected chi connectivity index (χ3v) is 8.82. The van der Waals surface area contributed by atoms with Crippen molar-refractivity contribution in [1.82, 2.24) is 25.5 Å². The highest BCUT2D eigenvalue weighted by atomic mass is 16.5. The van der Waals surface area contributed by atoms with Crippen LogP contribution in [0.25, 0.3) is 10.8 Å². The van der Waals surface area contributed by atoms with Crippen molar-refractivity contribution in [3.63, 3.8) is 0 Å². The molecule has 0 saturated carbocycles. The van der Waals surface area contributed by atoms with Crippen LogP contribution in [-0.4, -0.2) is 66.8 Å². The zero-order valence-corrected chi connectivity index (χ0v) is 22.5. The summed E-state index contributed by atoms with van der Waals surface area (Å²) in [5.74, 6) is 0. The topological polar surface area (TPSA) is 89.3 Å². The first-order chi connectivity index (χ1) is 18.5. The van der Waals surface area contributed by atoms with Crippen LogP contribution >= 0.6 is 0 Å². The molecule has 8 nitrogen and oxygen atoms in total. The van der Waals surface area contributed by atoms with Crippen LogP contribution in [0.4, 0.5) is 5.69 Å². The molecular formula is C30H37N7O. The van der Waals surface area contributed by atoms with Crippen LogP contribution in [-0.2, 0) is 18.5 Å². The average Bonchev–Trinajstić information content (AvgIpc) is 3.29. The number of hydrogen-bond acceptors (Lipinski definition) is 8. The Morgan fingerprint density at radius 3 is 2.76 bits per heavy atom. The molecule has 8 heteroatoms. The Bertz CT molecular complexity index is 1360. The minimum Gasteiger partial charge on any atom is -0.461 e. The molecular weight excluding hydrogens is 474 g/mol. The number of ether oxygens (including phenoxy) is 1. The fourth-order valence-electron chi connectivity index (χ4n) is 6.38. The SMILES string of the molecule is CN1CCC[C@@]1(C)COc1nc2c(c(C3(CC#N)CNCCN3)n1)CCN(c1cccc3ccccc13)C2. The maximum atomic E-state index is 9.81. The maximum absolute atomic E-state index is 9.81. The summed E-state index contributed by atoms with van der Waals surface area (Å²) in [5.41, 5.74) is 3.73. The van der Waals surface area contributed by atoms with E-state index in [9.17, 15) is 5.26 Å². The normalized spacial score (nSPS) is 25.8. The summed E-state index contributed by atoms with van der Waals surface area (Å²) < 4.78 is 6.38. The Morgan fingerprint density at radius 2 is 1.97 bits per heavy atom. The molecule has 38 heavy (non-hydrogen) atoms. The van der Waals surface area contributed by atoms with E-state index in [0.717, 1.165) is 56.0 Å². The molecule has 3 aliphatic rings. The molecule has 0 aliphatic carbocycles. The summed E-state index contributed by atoms with van der Waals surface area (Å²) in [6.45, 7) is 7.77. The minimum absolute atomic E-state index is 0.0244. The molecule has 3 aromatic rings. The van der Waals surface area contributed by atoms with Gasteiger partial charge in [0.15, 0.2) is 0 Å². The molecule has 6 rings (SSSR count). The number of anilines is 1. The molecule has 0 amide bonds. The van der Waals surface area contributed by atoms with E-state index in [0.29, 0.717) is 32.1 Å². The number of benzene rings is 2. The van der Waals surface area contributed by atoms with Crippen molar-refractivity contribution in [2.45, 2.75) is 50.2 Å². The van der Waals surface area contributed by atoms with Crippen molar-refractivity contribution < 1.29 is 4.74 Å². The number of hydrogen-bond donors (Lipinski definition) is 2. The number of aromatic nitrogens is 2. The quantitative estimate of drug-likeness (QED) is 0.521. The van der Waals surface area contributed by atoms with E-state index >= 15 is 0 Å². The van der Waals surface area contributed by atoms with Gasteiger partial charge in [0.2, 0.25) is 0 Å². The van der Waals surface area contributed by atoms with Crippen molar-refractivity contribution in [2.24, 2.45) is 0 Å². The molecule has 2 atom stereocenters. The van der Waals surface area contributed by atoms with Crippen molar-refractivity contribution in [3.8, 4) is 12.1 Å². The number of likely N-dealkylation sites (N-methyl/N-ethyl adjacent to an activating group) is 1. The highest BCUT2D eigenvalue weighted by Gasteiger charge is 2.40. The van der Waals surface area contributed by atoms with Gasteiger partial charge in [0.1, 0.15) is 6.61 Å². The number of piperazine rings is 1. The molecule has 2 saturated heterocycles. The summed E-state index contributed by atoms with van der Waals surface area (Å²) in [5, 5.41) is 19.5. The number of nitrogens with zero attached hydrogens (tertiary/aromatic N) is 5. The standard InChI is InChI=1S/C30H37N7O/c1-29(12-6-17-36(29)2)21-38-28-34-25-19-37(26-10-5-8-22-7-3-4-9-23(22)26)18-11-24(25)27(35-28)30(13-14-31)20-32-15-16-33-30/h3-5,7-10,32-33H,6,11-13,15-21H2,1-2H3/t29-,30?/m0/s1. The van der Waals surface area contributed by atoms with Gasteiger partial charge < -0.3 is 20.3 Å². The Balaban J connectivity index is 1.39. The summed E-state index contributed by atoms with van der Waals surface area (Å²) >= 11 is 0. The van der Waals surface area contributed by atoms with E-state index in [1.54, 1.807) is 0 Å². The van der Waals surface area contributed by atoms with Crippen LogP contribution in [0, 0.1) is 11.3 Å². The number of likely N-dealkylation sites (tertiary alicyclic amines) is 1. The minimum atomic E-state index is -0.548. The number of rotatable bonds is 6. The predicted octanol–water partition coefficient (Wildman–Crippen LogP) is 3.36. The molecule has 2 N–H and O–H groups in total. The van der Waals surface area contributed by atoms with Gasteiger partial charge in [-0.3, -0.25) is 4.90 Å². The Kier molecular flexibility index (Phi) is 6.68. The lowest BCUT2D eigenvalue weighted by Crippen LogP contribution is -2.57. The van der Waals surface area contributed by atoms with Gasteiger partial charge in [-0.05, 0) is 51.2 Å². The van der Waals surface area contributed by atoms with Crippen LogP contribution in [0.1, 0.15) is 43.1 Å². The molecule has 2 fully saturated rings. The lowest BCUT2D eigenvalue weighted by Gasteiger charge is -2.40. The van der Waals surface area contributed by atoms with Gasteiger partial charge in [0.25, 0.3) is 0 Å². The fourth-order valence-corrected chi connectivity index (χ4v) is 6.38. The second-order valence-electron chi connectivity index (χ2n) is 11.3. The smallest absolute Gasteiger partial charge is 0.317 e. The molecule has 2 aromatic carbocycles. The molecule has 0 spiro atoms. The average molecular weight is 512 g/mol. The van der Waals surface area contributed by atoms with E-state index < -0.39 is 5.54 Å². The lowest BCUT2D eigenvalue weighted by molar-refractivity contribution is 0.106. The molecule has 0 radical (unpaired) electrons. The lowest BCUT2D eigenvalue weighted by atomic mass is 9.84. The first-order valence-corrected chi connectivity index (χ1v) is 13.8. The van der Waals surface area contributed by atoms with E-state index in [1.807, 2.05) is 0 Å². The summed E-state index contributed by atoms with van der Waals surface area (Å²) in [7, 11) is 2.16. The first-order valence-electron chi connectivity index (χ1n) is 13.8. The van der Waals surface area contributed by atoms with E-state index in [-0.39, 0.29) is 5.54 Å². The van der Waals surface area contributed by atoms with Gasteiger partial charge in [-0.25, -0.2) is 0 Å². The van der Waals surface area contributed by atoms with Crippen molar-refractivity contribution in [3.05, 3.63) is 59.4 Å². The van der Waals surface area contributed by atoms with Crippen LogP contribution in [0.5, 0.6) is 6.01 Å². The maximum Gasteiger partial charge on any atom is 0.317 e. The van der Waals surface area contributed by atoms with Gasteiger partial charge >= 0.3 is 6.01 Å². The fraction of sp³-hybridized carbons (Fsp3) is 0.500. The molecule has 1 aromatic heterocycles. The highest BCUT2D eigenvalue weighted by molar-refractivity contribution is 5.94. The third-order valence-electron chi connectivity index (χ3n) is 8.82. The van der Waals surface area contributed by atoms with Gasteiger partial charge in [0.05, 0.1) is 41.5 Å². The van der Waals surface area contributed by atoms with Gasteiger partial charge in [0, 0.05) is 42.8 Å². The second kappa shape index (κ2) is 10.1. The van der Waals surface area contributed by atoms with E-state index in [2.05, 4.69) is 82.9 Å².